The van der Waals surface area contributed by atoms with Crippen LogP contribution in [0.15, 0.2) is 65.7 Å². The molecule has 1 amide bonds. The maximum atomic E-state index is 13.3. The predicted octanol–water partition coefficient (Wildman–Crippen LogP) is 4.62. The summed E-state index contributed by atoms with van der Waals surface area (Å²) in [5, 5.41) is 0.462. The van der Waals surface area contributed by atoms with E-state index in [0.29, 0.717) is 10.8 Å². The number of fused-ring (bicyclic) bond motifs is 1. The van der Waals surface area contributed by atoms with Gasteiger partial charge in [-0.25, -0.2) is 13.4 Å². The Morgan fingerprint density at radius 1 is 1.00 bits per heavy atom. The second kappa shape index (κ2) is 8.80. The molecule has 0 spiro atoms. The lowest BCUT2D eigenvalue weighted by Crippen LogP contribution is -2.35. The van der Waals surface area contributed by atoms with E-state index >= 15 is 0 Å². The number of carbonyl (C=O) groups is 1. The van der Waals surface area contributed by atoms with Gasteiger partial charge in [0.05, 0.1) is 27.4 Å². The van der Waals surface area contributed by atoms with E-state index in [-0.39, 0.29) is 11.4 Å². The molecular weight excluding hydrogens is 442 g/mol. The lowest BCUT2D eigenvalue weighted by molar-refractivity contribution is -0.116. The van der Waals surface area contributed by atoms with Crippen LogP contribution < -0.4 is 4.90 Å². The van der Waals surface area contributed by atoms with Gasteiger partial charge in [-0.05, 0) is 62.2 Å². The molecule has 0 aliphatic rings. The lowest BCUT2D eigenvalue weighted by Gasteiger charge is -2.19. The number of pyridine rings is 1. The summed E-state index contributed by atoms with van der Waals surface area (Å²) < 4.78 is 26.8. The van der Waals surface area contributed by atoms with E-state index in [0.717, 1.165) is 26.9 Å². The standard InChI is InChI=1S/C24H23N3O3S2/c1-16-7-10-20(11-8-16)32(29,30)15-22(28)27(14-19-6-4-5-13-25-19)24-26-23-18(3)17(2)9-12-21(23)31-24/h4-13H,14-15H2,1-3H3. The van der Waals surface area contributed by atoms with E-state index in [1.165, 1.54) is 28.4 Å². The topological polar surface area (TPSA) is 80.2 Å². The Morgan fingerprint density at radius 2 is 1.75 bits per heavy atom. The van der Waals surface area contributed by atoms with Crippen molar-refractivity contribution in [2.45, 2.75) is 32.2 Å². The van der Waals surface area contributed by atoms with Crippen LogP contribution in [-0.4, -0.2) is 30.0 Å². The number of anilines is 1. The molecule has 8 heteroatoms. The molecule has 4 rings (SSSR count). The van der Waals surface area contributed by atoms with Crippen LogP contribution in [0.1, 0.15) is 22.4 Å². The molecule has 0 aliphatic heterocycles. The summed E-state index contributed by atoms with van der Waals surface area (Å²) in [7, 11) is -3.80. The molecule has 0 bridgehead atoms. The first-order valence-electron chi connectivity index (χ1n) is 10.1. The van der Waals surface area contributed by atoms with Gasteiger partial charge >= 0.3 is 0 Å². The summed E-state index contributed by atoms with van der Waals surface area (Å²) in [4.78, 5) is 23.9. The zero-order valence-electron chi connectivity index (χ0n) is 18.1. The number of aromatic nitrogens is 2. The number of benzene rings is 2. The number of rotatable bonds is 6. The number of hydrogen-bond donors (Lipinski definition) is 0. The zero-order chi connectivity index (χ0) is 22.9. The third-order valence-electron chi connectivity index (χ3n) is 5.35. The fraction of sp³-hybridized carbons (Fsp3) is 0.208. The summed E-state index contributed by atoms with van der Waals surface area (Å²) >= 11 is 1.37. The third kappa shape index (κ3) is 4.56. The summed E-state index contributed by atoms with van der Waals surface area (Å²) in [6.45, 7) is 6.03. The molecule has 0 unspecified atom stereocenters. The molecule has 2 aromatic carbocycles. The Bertz CT molecular complexity index is 1380. The van der Waals surface area contributed by atoms with Gasteiger partial charge in [0.2, 0.25) is 5.91 Å². The van der Waals surface area contributed by atoms with Crippen molar-refractivity contribution >= 4 is 42.4 Å². The quantitative estimate of drug-likeness (QED) is 0.415. The Balaban J connectivity index is 1.71. The highest BCUT2D eigenvalue weighted by atomic mass is 32.2. The van der Waals surface area contributed by atoms with Gasteiger partial charge in [0.15, 0.2) is 15.0 Å². The first kappa shape index (κ1) is 22.1. The van der Waals surface area contributed by atoms with E-state index in [1.807, 2.05) is 39.0 Å². The van der Waals surface area contributed by atoms with Crippen LogP contribution in [0.4, 0.5) is 5.13 Å². The highest BCUT2D eigenvalue weighted by molar-refractivity contribution is 7.92. The van der Waals surface area contributed by atoms with Gasteiger partial charge in [-0.3, -0.25) is 14.7 Å². The van der Waals surface area contributed by atoms with Crippen molar-refractivity contribution in [1.29, 1.82) is 0 Å². The highest BCUT2D eigenvalue weighted by Crippen LogP contribution is 2.33. The van der Waals surface area contributed by atoms with Crippen molar-refractivity contribution in [3.63, 3.8) is 0 Å². The summed E-state index contributed by atoms with van der Waals surface area (Å²) in [5.41, 5.74) is 4.58. The molecule has 6 nitrogen and oxygen atoms in total. The number of aryl methyl sites for hydroxylation is 3. The van der Waals surface area contributed by atoms with Crippen LogP contribution in [0.3, 0.4) is 0 Å². The van der Waals surface area contributed by atoms with Crippen LogP contribution in [0.2, 0.25) is 0 Å². The molecule has 4 aromatic rings. The molecule has 0 radical (unpaired) electrons. The highest BCUT2D eigenvalue weighted by Gasteiger charge is 2.27. The molecule has 0 atom stereocenters. The number of amides is 1. The number of nitrogens with zero attached hydrogens (tertiary/aromatic N) is 3. The van der Waals surface area contributed by atoms with Gasteiger partial charge in [-0.2, -0.15) is 0 Å². The normalized spacial score (nSPS) is 11.6. The van der Waals surface area contributed by atoms with Crippen LogP contribution in [0, 0.1) is 20.8 Å². The minimum Gasteiger partial charge on any atom is -0.281 e. The van der Waals surface area contributed by atoms with Gasteiger partial charge in [0, 0.05) is 6.20 Å². The molecule has 0 saturated heterocycles. The minimum atomic E-state index is -3.80. The second-order valence-corrected chi connectivity index (χ2v) is 10.7. The van der Waals surface area contributed by atoms with Crippen LogP contribution in [0.5, 0.6) is 0 Å². The molecule has 164 valence electrons. The van der Waals surface area contributed by atoms with E-state index in [9.17, 15) is 13.2 Å². The zero-order valence-corrected chi connectivity index (χ0v) is 19.7. The van der Waals surface area contributed by atoms with Crippen molar-refractivity contribution in [2.75, 3.05) is 10.7 Å². The van der Waals surface area contributed by atoms with Gasteiger partial charge in [-0.15, -0.1) is 0 Å². The first-order valence-corrected chi connectivity index (χ1v) is 12.6. The number of carbonyl (C=O) groups excluding carboxylic acids is 1. The van der Waals surface area contributed by atoms with Crippen molar-refractivity contribution < 1.29 is 13.2 Å². The fourth-order valence-corrected chi connectivity index (χ4v) is 5.56. The largest absolute Gasteiger partial charge is 0.281 e. The molecule has 0 fully saturated rings. The third-order valence-corrected chi connectivity index (χ3v) is 8.01. The maximum Gasteiger partial charge on any atom is 0.244 e. The number of thiazole rings is 1. The molecular formula is C24H23N3O3S2. The summed E-state index contributed by atoms with van der Waals surface area (Å²) in [6, 6.07) is 15.9. The summed E-state index contributed by atoms with van der Waals surface area (Å²) in [6.07, 6.45) is 1.65. The Labute approximate surface area is 191 Å². The maximum absolute atomic E-state index is 13.3. The second-order valence-electron chi connectivity index (χ2n) is 7.72. The molecule has 32 heavy (non-hydrogen) atoms. The average molecular weight is 466 g/mol. The predicted molar refractivity (Wildman–Crippen MR) is 128 cm³/mol. The number of hydrogen-bond acceptors (Lipinski definition) is 6. The lowest BCUT2D eigenvalue weighted by atomic mass is 10.1. The minimum absolute atomic E-state index is 0.130. The van der Waals surface area contributed by atoms with E-state index in [2.05, 4.69) is 4.98 Å². The van der Waals surface area contributed by atoms with E-state index in [1.54, 1.807) is 30.5 Å². The van der Waals surface area contributed by atoms with Crippen molar-refractivity contribution in [1.82, 2.24) is 9.97 Å². The molecule has 0 N–H and O–H groups in total. The smallest absolute Gasteiger partial charge is 0.244 e. The monoisotopic (exact) mass is 465 g/mol. The van der Waals surface area contributed by atoms with Gasteiger partial charge in [0.1, 0.15) is 5.75 Å². The Hall–Kier alpha value is -3.10. The van der Waals surface area contributed by atoms with Crippen LogP contribution >= 0.6 is 11.3 Å². The fourth-order valence-electron chi connectivity index (χ4n) is 3.32. The SMILES string of the molecule is Cc1ccc(S(=O)(=O)CC(=O)N(Cc2ccccn2)c2nc3c(C)c(C)ccc3s2)cc1. The molecule has 2 heterocycles. The van der Waals surface area contributed by atoms with Crippen LogP contribution in [0.25, 0.3) is 10.2 Å². The van der Waals surface area contributed by atoms with Gasteiger partial charge in [0.25, 0.3) is 0 Å². The van der Waals surface area contributed by atoms with Crippen molar-refractivity contribution in [2.24, 2.45) is 0 Å². The van der Waals surface area contributed by atoms with E-state index in [4.69, 9.17) is 4.98 Å². The summed E-state index contributed by atoms with van der Waals surface area (Å²) in [5.74, 6) is -1.18. The van der Waals surface area contributed by atoms with Crippen molar-refractivity contribution in [3.05, 3.63) is 83.2 Å². The average Bonchev–Trinajstić information content (AvgIpc) is 3.20. The van der Waals surface area contributed by atoms with Gasteiger partial charge in [-0.1, -0.05) is 41.2 Å². The first-order chi connectivity index (χ1) is 15.2. The van der Waals surface area contributed by atoms with E-state index < -0.39 is 21.5 Å². The number of sulfone groups is 1. The van der Waals surface area contributed by atoms with Gasteiger partial charge < -0.3 is 0 Å². The van der Waals surface area contributed by atoms with Crippen LogP contribution in [-0.2, 0) is 21.2 Å². The van der Waals surface area contributed by atoms with Crippen molar-refractivity contribution in [3.8, 4) is 0 Å². The Kier molecular flexibility index (Phi) is 6.08. The molecule has 2 aromatic heterocycles. The Morgan fingerprint density at radius 3 is 2.44 bits per heavy atom. The molecule has 0 saturated carbocycles. The molecule has 0 aliphatic carbocycles.